The molecule has 1 unspecified atom stereocenters. The number of morpholine rings is 1. The Kier molecular flexibility index (Phi) is 12.0. The molecule has 6 nitrogen and oxygen atoms in total. The number of aliphatic imine (C=N–C) groups is 1. The molecule has 1 atom stereocenters. The minimum atomic E-state index is 0. The number of unbranched alkanes of at least 4 members (excludes halogenated alkanes) is 1. The van der Waals surface area contributed by atoms with Crippen molar-refractivity contribution in [2.45, 2.75) is 38.6 Å². The minimum absolute atomic E-state index is 0. The first-order valence-corrected chi connectivity index (χ1v) is 9.20. The maximum Gasteiger partial charge on any atom is 0.193 e. The van der Waals surface area contributed by atoms with E-state index in [2.05, 4.69) is 27.0 Å². The smallest absolute Gasteiger partial charge is 0.193 e. The third-order valence-electron chi connectivity index (χ3n) is 4.63. The van der Waals surface area contributed by atoms with E-state index in [9.17, 15) is 0 Å². The van der Waals surface area contributed by atoms with Gasteiger partial charge in [-0.15, -0.1) is 24.0 Å². The Morgan fingerprint density at radius 1 is 1.21 bits per heavy atom. The van der Waals surface area contributed by atoms with Crippen molar-refractivity contribution in [3.8, 4) is 0 Å². The van der Waals surface area contributed by atoms with E-state index in [0.717, 1.165) is 78.0 Å². The molecular weight excluding hydrogens is 419 g/mol. The van der Waals surface area contributed by atoms with Gasteiger partial charge in [-0.2, -0.15) is 0 Å². The average molecular weight is 454 g/mol. The molecule has 2 heterocycles. The standard InChI is InChI=1S/C17H34N4O2.HI/c1-3-4-11-22-12-5-7-19-17(18-2)21-8-6-16(15-21)20-9-13-23-14-10-20;/h16H,3-15H2,1-2H3,(H,18,19);1H. The average Bonchev–Trinajstić information content (AvgIpc) is 3.08. The summed E-state index contributed by atoms with van der Waals surface area (Å²) in [5, 5.41) is 3.48. The highest BCUT2D eigenvalue weighted by atomic mass is 127. The van der Waals surface area contributed by atoms with E-state index in [4.69, 9.17) is 9.47 Å². The summed E-state index contributed by atoms with van der Waals surface area (Å²) in [7, 11) is 1.88. The van der Waals surface area contributed by atoms with E-state index in [1.54, 1.807) is 0 Å². The molecule has 2 aliphatic rings. The molecule has 0 bridgehead atoms. The number of rotatable bonds is 8. The lowest BCUT2D eigenvalue weighted by molar-refractivity contribution is 0.0195. The number of ether oxygens (including phenoxy) is 2. The highest BCUT2D eigenvalue weighted by molar-refractivity contribution is 14.0. The second kappa shape index (κ2) is 13.1. The lowest BCUT2D eigenvalue weighted by Crippen LogP contribution is -2.46. The van der Waals surface area contributed by atoms with Crippen molar-refractivity contribution in [3.63, 3.8) is 0 Å². The summed E-state index contributed by atoms with van der Waals surface area (Å²) in [5.41, 5.74) is 0. The Morgan fingerprint density at radius 3 is 2.67 bits per heavy atom. The van der Waals surface area contributed by atoms with Gasteiger partial charge in [0.1, 0.15) is 0 Å². The molecule has 1 N–H and O–H groups in total. The van der Waals surface area contributed by atoms with Crippen LogP contribution in [-0.2, 0) is 9.47 Å². The number of likely N-dealkylation sites (tertiary alicyclic amines) is 1. The van der Waals surface area contributed by atoms with E-state index in [1.165, 1.54) is 12.8 Å². The topological polar surface area (TPSA) is 49.3 Å². The first-order valence-electron chi connectivity index (χ1n) is 9.20. The monoisotopic (exact) mass is 454 g/mol. The summed E-state index contributed by atoms with van der Waals surface area (Å²) in [6.07, 6.45) is 4.61. The molecule has 142 valence electrons. The van der Waals surface area contributed by atoms with Crippen LogP contribution in [0.1, 0.15) is 32.6 Å². The van der Waals surface area contributed by atoms with Crippen LogP contribution in [0.15, 0.2) is 4.99 Å². The van der Waals surface area contributed by atoms with Crippen LogP contribution in [0.3, 0.4) is 0 Å². The molecule has 0 aromatic heterocycles. The molecule has 2 saturated heterocycles. The molecule has 0 radical (unpaired) electrons. The van der Waals surface area contributed by atoms with Crippen LogP contribution >= 0.6 is 24.0 Å². The normalized spacial score (nSPS) is 22.5. The minimum Gasteiger partial charge on any atom is -0.381 e. The second-order valence-electron chi connectivity index (χ2n) is 6.33. The largest absolute Gasteiger partial charge is 0.381 e. The predicted molar refractivity (Wildman–Crippen MR) is 109 cm³/mol. The molecule has 0 aromatic carbocycles. The Hall–Kier alpha value is -0.120. The first-order chi connectivity index (χ1) is 11.3. The third kappa shape index (κ3) is 7.41. The van der Waals surface area contributed by atoms with E-state index in [1.807, 2.05) is 7.05 Å². The molecule has 0 amide bonds. The highest BCUT2D eigenvalue weighted by Gasteiger charge is 2.30. The summed E-state index contributed by atoms with van der Waals surface area (Å²) in [4.78, 5) is 9.40. The predicted octanol–water partition coefficient (Wildman–Crippen LogP) is 1.79. The number of nitrogens with zero attached hydrogens (tertiary/aromatic N) is 3. The zero-order chi connectivity index (χ0) is 16.3. The molecule has 0 saturated carbocycles. The van der Waals surface area contributed by atoms with Crippen LogP contribution in [-0.4, -0.2) is 88.0 Å². The summed E-state index contributed by atoms with van der Waals surface area (Å²) < 4.78 is 11.1. The van der Waals surface area contributed by atoms with Crippen LogP contribution < -0.4 is 5.32 Å². The van der Waals surface area contributed by atoms with Gasteiger partial charge >= 0.3 is 0 Å². The lowest BCUT2D eigenvalue weighted by Gasteiger charge is -2.32. The SMILES string of the molecule is CCCCOCCCNC(=NC)N1CCC(N2CCOCC2)C1.I. The summed E-state index contributed by atoms with van der Waals surface area (Å²) in [5.74, 6) is 1.04. The van der Waals surface area contributed by atoms with E-state index in [-0.39, 0.29) is 24.0 Å². The van der Waals surface area contributed by atoms with Crippen molar-refractivity contribution in [1.29, 1.82) is 0 Å². The summed E-state index contributed by atoms with van der Waals surface area (Å²) in [6.45, 7) is 10.9. The van der Waals surface area contributed by atoms with Crippen molar-refractivity contribution in [2.75, 3.05) is 66.2 Å². The van der Waals surface area contributed by atoms with Crippen LogP contribution in [0.5, 0.6) is 0 Å². The fraction of sp³-hybridized carbons (Fsp3) is 0.941. The third-order valence-corrected chi connectivity index (χ3v) is 4.63. The van der Waals surface area contributed by atoms with Crippen LogP contribution in [0, 0.1) is 0 Å². The Balaban J connectivity index is 0.00000288. The van der Waals surface area contributed by atoms with Crippen LogP contribution in [0.4, 0.5) is 0 Å². The van der Waals surface area contributed by atoms with Gasteiger partial charge in [0.15, 0.2) is 5.96 Å². The van der Waals surface area contributed by atoms with Crippen molar-refractivity contribution in [2.24, 2.45) is 4.99 Å². The van der Waals surface area contributed by atoms with E-state index in [0.29, 0.717) is 6.04 Å². The van der Waals surface area contributed by atoms with Gasteiger partial charge in [0.2, 0.25) is 0 Å². The maximum atomic E-state index is 5.60. The zero-order valence-corrected chi connectivity index (χ0v) is 17.7. The molecule has 2 rings (SSSR count). The summed E-state index contributed by atoms with van der Waals surface area (Å²) in [6, 6.07) is 0.648. The number of halogens is 1. The fourth-order valence-electron chi connectivity index (χ4n) is 3.23. The van der Waals surface area contributed by atoms with Gasteiger partial charge < -0.3 is 19.7 Å². The molecule has 2 aliphatic heterocycles. The van der Waals surface area contributed by atoms with Crippen molar-refractivity contribution < 1.29 is 9.47 Å². The summed E-state index contributed by atoms with van der Waals surface area (Å²) >= 11 is 0. The molecular formula is C17H35IN4O2. The fourth-order valence-corrected chi connectivity index (χ4v) is 3.23. The zero-order valence-electron chi connectivity index (χ0n) is 15.3. The second-order valence-corrected chi connectivity index (χ2v) is 6.33. The highest BCUT2D eigenvalue weighted by Crippen LogP contribution is 2.16. The molecule has 0 aliphatic carbocycles. The van der Waals surface area contributed by atoms with Gasteiger partial charge in [-0.1, -0.05) is 13.3 Å². The number of hydrogen-bond acceptors (Lipinski definition) is 4. The number of nitrogens with one attached hydrogen (secondary N) is 1. The van der Waals surface area contributed by atoms with Crippen molar-refractivity contribution in [1.82, 2.24) is 15.1 Å². The van der Waals surface area contributed by atoms with Gasteiger partial charge in [0, 0.05) is 59.0 Å². The molecule has 7 heteroatoms. The quantitative estimate of drug-likeness (QED) is 0.262. The van der Waals surface area contributed by atoms with Gasteiger partial charge in [-0.25, -0.2) is 0 Å². The molecule has 0 aromatic rings. The number of hydrogen-bond donors (Lipinski definition) is 1. The van der Waals surface area contributed by atoms with E-state index < -0.39 is 0 Å². The molecule has 24 heavy (non-hydrogen) atoms. The Bertz CT molecular complexity index is 351. The Labute approximate surface area is 164 Å². The Morgan fingerprint density at radius 2 is 1.96 bits per heavy atom. The van der Waals surface area contributed by atoms with Crippen molar-refractivity contribution >= 4 is 29.9 Å². The first kappa shape index (κ1) is 21.9. The van der Waals surface area contributed by atoms with Gasteiger partial charge in [-0.3, -0.25) is 9.89 Å². The van der Waals surface area contributed by atoms with Gasteiger partial charge in [-0.05, 0) is 19.3 Å². The van der Waals surface area contributed by atoms with Gasteiger partial charge in [0.05, 0.1) is 13.2 Å². The maximum absolute atomic E-state index is 5.60. The number of guanidine groups is 1. The van der Waals surface area contributed by atoms with Gasteiger partial charge in [0.25, 0.3) is 0 Å². The molecule has 2 fully saturated rings. The van der Waals surface area contributed by atoms with E-state index >= 15 is 0 Å². The van der Waals surface area contributed by atoms with Crippen LogP contribution in [0.2, 0.25) is 0 Å². The lowest BCUT2D eigenvalue weighted by atomic mass is 10.2. The van der Waals surface area contributed by atoms with Crippen molar-refractivity contribution in [3.05, 3.63) is 0 Å². The molecule has 0 spiro atoms. The van der Waals surface area contributed by atoms with Crippen LogP contribution in [0.25, 0.3) is 0 Å².